The Balaban J connectivity index is 0.00000114. The normalized spacial score (nSPS) is 14.2. The standard InChI is InChI=1S/C27H37ClN6O3S.C3H9N/c1-16(2)37-24-13-20(19-10-8-7-9-11-19)18(5)12-22(24)31-27-29-14-21(28)25(32-27)30-23-15-34(6)33-26(23)38(35,36)17(3)4;1-3(2)4/h12-17,19H,7-11H2,1-6H3,(H2,29,30,31,32);3H,4H2,1-2H3. The van der Waals surface area contributed by atoms with Gasteiger partial charge >= 0.3 is 0 Å². The largest absolute Gasteiger partial charge is 0.489 e. The van der Waals surface area contributed by atoms with Crippen molar-refractivity contribution < 1.29 is 13.2 Å². The van der Waals surface area contributed by atoms with Crippen LogP contribution < -0.4 is 21.1 Å². The molecule has 12 heteroatoms. The molecule has 0 spiro atoms. The maximum Gasteiger partial charge on any atom is 0.229 e. The summed E-state index contributed by atoms with van der Waals surface area (Å²) in [6, 6.07) is 4.57. The van der Waals surface area contributed by atoms with Crippen molar-refractivity contribution in [3.8, 4) is 5.75 Å². The van der Waals surface area contributed by atoms with E-state index in [2.05, 4.69) is 44.8 Å². The molecule has 3 aromatic rings. The van der Waals surface area contributed by atoms with E-state index in [-0.39, 0.29) is 22.0 Å². The average molecular weight is 620 g/mol. The molecular formula is C30H46ClN7O3S. The summed E-state index contributed by atoms with van der Waals surface area (Å²) in [4.78, 5) is 8.90. The highest BCUT2D eigenvalue weighted by molar-refractivity contribution is 7.92. The number of nitrogens with two attached hydrogens (primary N) is 1. The fraction of sp³-hybridized carbons (Fsp3) is 0.567. The molecule has 1 aliphatic rings. The van der Waals surface area contributed by atoms with Crippen molar-refractivity contribution in [3.63, 3.8) is 0 Å². The topological polar surface area (TPSA) is 137 Å². The molecule has 0 amide bonds. The first-order valence-corrected chi connectivity index (χ1v) is 16.5. The molecule has 2 aromatic heterocycles. The number of aryl methyl sites for hydroxylation is 2. The Morgan fingerprint density at radius 1 is 1.05 bits per heavy atom. The van der Waals surface area contributed by atoms with Gasteiger partial charge in [0.1, 0.15) is 10.8 Å². The summed E-state index contributed by atoms with van der Waals surface area (Å²) in [6.45, 7) is 13.3. The molecule has 4 N–H and O–H groups in total. The lowest BCUT2D eigenvalue weighted by Gasteiger charge is -2.26. The summed E-state index contributed by atoms with van der Waals surface area (Å²) >= 11 is 6.40. The molecule has 4 rings (SSSR count). The Morgan fingerprint density at radius 3 is 2.29 bits per heavy atom. The summed E-state index contributed by atoms with van der Waals surface area (Å²) in [5.41, 5.74) is 8.69. The molecule has 10 nitrogen and oxygen atoms in total. The van der Waals surface area contributed by atoms with Gasteiger partial charge in [0, 0.05) is 13.2 Å². The van der Waals surface area contributed by atoms with Crippen LogP contribution in [0.2, 0.25) is 5.02 Å². The van der Waals surface area contributed by atoms with Crippen molar-refractivity contribution in [2.45, 2.75) is 109 Å². The molecule has 1 fully saturated rings. The van der Waals surface area contributed by atoms with Gasteiger partial charge in [-0.05, 0) is 82.7 Å². The van der Waals surface area contributed by atoms with Crippen LogP contribution in [0.1, 0.15) is 90.7 Å². The second-order valence-electron chi connectivity index (χ2n) is 11.7. The van der Waals surface area contributed by atoms with E-state index in [4.69, 9.17) is 22.1 Å². The Morgan fingerprint density at radius 2 is 1.69 bits per heavy atom. The highest BCUT2D eigenvalue weighted by Gasteiger charge is 2.27. The number of rotatable bonds is 9. The van der Waals surface area contributed by atoms with Gasteiger partial charge in [-0.15, -0.1) is 0 Å². The highest BCUT2D eigenvalue weighted by Crippen LogP contribution is 2.40. The zero-order valence-electron chi connectivity index (χ0n) is 26.0. The monoisotopic (exact) mass is 619 g/mol. The van der Waals surface area contributed by atoms with Gasteiger partial charge in [-0.2, -0.15) is 10.1 Å². The summed E-state index contributed by atoms with van der Waals surface area (Å²) in [7, 11) is -1.97. The van der Waals surface area contributed by atoms with E-state index in [0.29, 0.717) is 23.6 Å². The number of benzene rings is 1. The Hall–Kier alpha value is -2.89. The number of sulfone groups is 1. The maximum absolute atomic E-state index is 12.8. The van der Waals surface area contributed by atoms with Gasteiger partial charge in [-0.1, -0.05) is 44.7 Å². The lowest BCUT2D eigenvalue weighted by Crippen LogP contribution is -2.16. The van der Waals surface area contributed by atoms with Crippen LogP contribution in [0.25, 0.3) is 0 Å². The fourth-order valence-electron chi connectivity index (χ4n) is 4.76. The van der Waals surface area contributed by atoms with Crippen molar-refractivity contribution in [2.75, 3.05) is 10.6 Å². The Bertz CT molecular complexity index is 1450. The third kappa shape index (κ3) is 8.81. The zero-order valence-corrected chi connectivity index (χ0v) is 27.6. The van der Waals surface area contributed by atoms with Crippen LogP contribution in [0.3, 0.4) is 0 Å². The van der Waals surface area contributed by atoms with Crippen LogP contribution in [0.5, 0.6) is 5.75 Å². The summed E-state index contributed by atoms with van der Waals surface area (Å²) in [5, 5.41) is 10.1. The molecule has 0 radical (unpaired) electrons. The van der Waals surface area contributed by atoms with Crippen molar-refractivity contribution in [3.05, 3.63) is 40.7 Å². The van der Waals surface area contributed by atoms with E-state index in [9.17, 15) is 8.42 Å². The summed E-state index contributed by atoms with van der Waals surface area (Å²) in [5.74, 6) is 1.86. The summed E-state index contributed by atoms with van der Waals surface area (Å²) < 4.78 is 33.3. The molecule has 232 valence electrons. The van der Waals surface area contributed by atoms with E-state index in [1.165, 1.54) is 54.1 Å². The highest BCUT2D eigenvalue weighted by atomic mass is 35.5. The molecule has 2 heterocycles. The van der Waals surface area contributed by atoms with Crippen molar-refractivity contribution in [2.24, 2.45) is 12.8 Å². The van der Waals surface area contributed by atoms with Gasteiger partial charge in [-0.25, -0.2) is 13.4 Å². The maximum atomic E-state index is 12.8. The third-order valence-electron chi connectivity index (χ3n) is 6.70. The minimum atomic E-state index is -3.63. The van der Waals surface area contributed by atoms with E-state index in [0.717, 1.165) is 11.4 Å². The third-order valence-corrected chi connectivity index (χ3v) is 9.06. The van der Waals surface area contributed by atoms with Crippen LogP contribution >= 0.6 is 11.6 Å². The number of nitrogens with zero attached hydrogens (tertiary/aromatic N) is 4. The van der Waals surface area contributed by atoms with Gasteiger partial charge < -0.3 is 21.1 Å². The lowest BCUT2D eigenvalue weighted by molar-refractivity contribution is 0.243. The first kappa shape index (κ1) is 33.6. The number of hydrogen-bond donors (Lipinski definition) is 3. The van der Waals surface area contributed by atoms with Crippen molar-refractivity contribution in [1.29, 1.82) is 0 Å². The molecule has 1 aromatic carbocycles. The smallest absolute Gasteiger partial charge is 0.229 e. The van der Waals surface area contributed by atoms with Crippen molar-refractivity contribution in [1.82, 2.24) is 19.7 Å². The van der Waals surface area contributed by atoms with Crippen molar-refractivity contribution >= 4 is 44.6 Å². The SMILES string of the molecule is CC(C)N.Cc1cc(Nc2ncc(Cl)c(Nc3cn(C)nc3S(=O)(=O)C(C)C)n2)c(OC(C)C)cc1C1CCCCC1. The molecule has 0 saturated heterocycles. The number of nitrogens with one attached hydrogen (secondary N) is 2. The van der Waals surface area contributed by atoms with Crippen LogP contribution in [-0.4, -0.2) is 45.6 Å². The minimum Gasteiger partial charge on any atom is -0.489 e. The van der Waals surface area contributed by atoms with E-state index in [1.807, 2.05) is 27.7 Å². The number of aromatic nitrogens is 4. The first-order valence-electron chi connectivity index (χ1n) is 14.6. The van der Waals surface area contributed by atoms with Gasteiger partial charge in [-0.3, -0.25) is 4.68 Å². The van der Waals surface area contributed by atoms with E-state index < -0.39 is 15.1 Å². The average Bonchev–Trinajstić information content (AvgIpc) is 3.28. The predicted octanol–water partition coefficient (Wildman–Crippen LogP) is 7.03. The van der Waals surface area contributed by atoms with E-state index in [1.54, 1.807) is 27.1 Å². The first-order chi connectivity index (χ1) is 19.7. The predicted molar refractivity (Wildman–Crippen MR) is 171 cm³/mol. The van der Waals surface area contributed by atoms with Crippen LogP contribution in [0.15, 0.2) is 29.6 Å². The lowest BCUT2D eigenvalue weighted by atomic mass is 9.82. The quantitative estimate of drug-likeness (QED) is 0.230. The second kappa shape index (κ2) is 14.5. The Kier molecular flexibility index (Phi) is 11.6. The van der Waals surface area contributed by atoms with Gasteiger partial charge in [0.05, 0.1) is 28.9 Å². The van der Waals surface area contributed by atoms with Gasteiger partial charge in [0.25, 0.3) is 0 Å². The van der Waals surface area contributed by atoms with Crippen LogP contribution in [0.4, 0.5) is 23.1 Å². The number of hydrogen-bond acceptors (Lipinski definition) is 9. The summed E-state index contributed by atoms with van der Waals surface area (Å²) in [6.07, 6.45) is 9.28. The second-order valence-corrected chi connectivity index (χ2v) is 14.5. The molecule has 0 unspecified atom stereocenters. The number of anilines is 4. The minimum absolute atomic E-state index is 0.00673. The van der Waals surface area contributed by atoms with Gasteiger partial charge in [0.15, 0.2) is 5.82 Å². The molecular weight excluding hydrogens is 574 g/mol. The Labute approximate surface area is 255 Å². The number of halogens is 1. The molecule has 0 aliphatic heterocycles. The van der Waals surface area contributed by atoms with Gasteiger partial charge in [0.2, 0.25) is 20.8 Å². The molecule has 1 saturated carbocycles. The molecule has 1 aliphatic carbocycles. The number of ether oxygens (including phenoxy) is 1. The fourth-order valence-corrected chi connectivity index (χ4v) is 5.99. The van der Waals surface area contributed by atoms with Crippen LogP contribution in [0, 0.1) is 6.92 Å². The molecule has 0 atom stereocenters. The zero-order chi connectivity index (χ0) is 31.2. The van der Waals surface area contributed by atoms with E-state index >= 15 is 0 Å². The molecule has 42 heavy (non-hydrogen) atoms. The van der Waals surface area contributed by atoms with Crippen LogP contribution in [-0.2, 0) is 16.9 Å². The molecule has 0 bridgehead atoms.